The van der Waals surface area contributed by atoms with Crippen LogP contribution in [0, 0.1) is 10.1 Å². The van der Waals surface area contributed by atoms with Crippen LogP contribution in [0.25, 0.3) is 10.2 Å². The molecule has 0 fully saturated rings. The number of nitro groups is 1. The van der Waals surface area contributed by atoms with E-state index in [9.17, 15) is 14.9 Å². The number of aryl methyl sites for hydroxylation is 2. The van der Waals surface area contributed by atoms with Gasteiger partial charge < -0.3 is 4.57 Å². The average molecular weight is 391 g/mol. The molecule has 0 aliphatic rings. The van der Waals surface area contributed by atoms with Crippen LogP contribution in [0.1, 0.15) is 17.4 Å². The van der Waals surface area contributed by atoms with Crippen molar-refractivity contribution < 1.29 is 9.72 Å². The van der Waals surface area contributed by atoms with E-state index < -0.39 is 4.92 Å². The lowest BCUT2D eigenvalue weighted by Crippen LogP contribution is -2.19. The number of amides is 1. The molecule has 136 valence electrons. The van der Waals surface area contributed by atoms with Gasteiger partial charge in [-0.05, 0) is 25.3 Å². The molecule has 3 rings (SSSR count). The number of thiazole rings is 1. The highest BCUT2D eigenvalue weighted by atomic mass is 32.2. The molecule has 0 unspecified atom stereocenters. The zero-order chi connectivity index (χ0) is 18.7. The van der Waals surface area contributed by atoms with E-state index in [-0.39, 0.29) is 11.6 Å². The normalized spacial score (nSPS) is 12.0. The summed E-state index contributed by atoms with van der Waals surface area (Å²) in [5.74, 6) is 0.472. The number of carbonyl (C=O) groups is 1. The summed E-state index contributed by atoms with van der Waals surface area (Å²) in [6, 6.07) is 6.35. The summed E-state index contributed by atoms with van der Waals surface area (Å²) in [6.07, 6.45) is 3.57. The predicted molar refractivity (Wildman–Crippen MR) is 103 cm³/mol. The molecule has 0 aliphatic carbocycles. The van der Waals surface area contributed by atoms with E-state index in [4.69, 9.17) is 0 Å². The third-order valence-corrected chi connectivity index (χ3v) is 5.46. The monoisotopic (exact) mass is 391 g/mol. The summed E-state index contributed by atoms with van der Waals surface area (Å²) >= 11 is 2.96. The van der Waals surface area contributed by atoms with Crippen molar-refractivity contribution in [3.63, 3.8) is 0 Å². The predicted octanol–water partition coefficient (Wildman–Crippen LogP) is 2.93. The molecule has 10 heteroatoms. The number of fused-ring (bicyclic) bond motifs is 1. The summed E-state index contributed by atoms with van der Waals surface area (Å²) < 4.78 is 4.26. The molecule has 0 aliphatic heterocycles. The average Bonchev–Trinajstić information content (AvgIpc) is 3.23. The van der Waals surface area contributed by atoms with Gasteiger partial charge in [-0.15, -0.1) is 0 Å². The van der Waals surface area contributed by atoms with Crippen LogP contribution in [0.15, 0.2) is 35.5 Å². The molecule has 0 N–H and O–H groups in total. The molecule has 0 spiro atoms. The largest absolute Gasteiger partial charge is 0.315 e. The van der Waals surface area contributed by atoms with Crippen LogP contribution in [0.4, 0.5) is 5.69 Å². The Hall–Kier alpha value is -2.46. The topological polar surface area (TPSA) is 95.3 Å². The minimum Gasteiger partial charge on any atom is -0.315 e. The fourth-order valence-corrected chi connectivity index (χ4v) is 4.02. The summed E-state index contributed by atoms with van der Waals surface area (Å²) in [5, 5.41) is 15.1. The number of benzene rings is 1. The molecule has 1 amide bonds. The second-order valence-electron chi connectivity index (χ2n) is 5.39. The van der Waals surface area contributed by atoms with Gasteiger partial charge in [0.25, 0.3) is 11.6 Å². The molecule has 3 aromatic rings. The first-order valence-corrected chi connectivity index (χ1v) is 10.1. The molecular weight excluding hydrogens is 374 g/mol. The van der Waals surface area contributed by atoms with Crippen LogP contribution < -0.4 is 4.80 Å². The summed E-state index contributed by atoms with van der Waals surface area (Å²) in [7, 11) is 0. The fraction of sp³-hybridized carbons (Fsp3) is 0.312. The molecule has 8 nitrogen and oxygen atoms in total. The summed E-state index contributed by atoms with van der Waals surface area (Å²) in [6.45, 7) is 3.15. The van der Waals surface area contributed by atoms with E-state index in [2.05, 4.69) is 10.1 Å². The Labute approximate surface area is 157 Å². The Balaban J connectivity index is 2.13. The Morgan fingerprint density at radius 3 is 2.92 bits per heavy atom. The van der Waals surface area contributed by atoms with Gasteiger partial charge in [0.05, 0.1) is 15.1 Å². The van der Waals surface area contributed by atoms with Gasteiger partial charge in [0.15, 0.2) is 4.80 Å². The van der Waals surface area contributed by atoms with E-state index in [0.29, 0.717) is 23.6 Å². The maximum absolute atomic E-state index is 12.6. The lowest BCUT2D eigenvalue weighted by atomic mass is 10.3. The van der Waals surface area contributed by atoms with Crippen LogP contribution in [-0.2, 0) is 13.1 Å². The minimum atomic E-state index is -0.423. The fourth-order valence-electron chi connectivity index (χ4n) is 2.57. The molecule has 1 aromatic carbocycles. The minimum absolute atomic E-state index is 0.0257. The van der Waals surface area contributed by atoms with Gasteiger partial charge >= 0.3 is 0 Å². The standard InChI is InChI=1S/C16H17N5O3S2/c1-3-20-13(6-7-17-20)15(22)18-16-19(8-9-25-2)12-5-4-11(21(23)24)10-14(12)26-16/h4-7,10H,3,8-9H2,1-2H3. The van der Waals surface area contributed by atoms with E-state index in [1.807, 2.05) is 17.7 Å². The number of nitro benzene ring substituents is 1. The molecule has 2 aromatic heterocycles. The number of carbonyl (C=O) groups excluding carboxylic acids is 1. The quantitative estimate of drug-likeness (QED) is 0.475. The number of non-ortho nitro benzene ring substituents is 1. The molecule has 2 heterocycles. The van der Waals surface area contributed by atoms with E-state index in [1.165, 1.54) is 23.5 Å². The van der Waals surface area contributed by atoms with Crippen molar-refractivity contribution in [2.75, 3.05) is 12.0 Å². The number of aromatic nitrogens is 3. The molecule has 0 atom stereocenters. The number of hydrogen-bond donors (Lipinski definition) is 0. The number of hydrogen-bond acceptors (Lipinski definition) is 6. The van der Waals surface area contributed by atoms with Gasteiger partial charge in [-0.1, -0.05) is 11.3 Å². The first-order valence-electron chi connectivity index (χ1n) is 7.92. The van der Waals surface area contributed by atoms with Crippen molar-refractivity contribution in [2.24, 2.45) is 4.99 Å². The smallest absolute Gasteiger partial charge is 0.297 e. The molecular formula is C16H17N5O3S2. The van der Waals surface area contributed by atoms with Crippen LogP contribution in [0.5, 0.6) is 0 Å². The maximum Gasteiger partial charge on any atom is 0.297 e. The second-order valence-corrected chi connectivity index (χ2v) is 7.38. The van der Waals surface area contributed by atoms with E-state index >= 15 is 0 Å². The molecule has 0 saturated carbocycles. The summed E-state index contributed by atoms with van der Waals surface area (Å²) in [5.41, 5.74) is 1.29. The zero-order valence-corrected chi connectivity index (χ0v) is 15.9. The van der Waals surface area contributed by atoms with Crippen molar-refractivity contribution in [1.29, 1.82) is 0 Å². The molecule has 0 bridgehead atoms. The van der Waals surface area contributed by atoms with Crippen LogP contribution in [-0.4, -0.2) is 37.2 Å². The second kappa shape index (κ2) is 7.83. The van der Waals surface area contributed by atoms with Crippen molar-refractivity contribution in [2.45, 2.75) is 20.0 Å². The number of nitrogens with zero attached hydrogens (tertiary/aromatic N) is 5. The van der Waals surface area contributed by atoms with Crippen LogP contribution in [0.2, 0.25) is 0 Å². The third kappa shape index (κ3) is 3.56. The number of thioether (sulfide) groups is 1. The van der Waals surface area contributed by atoms with E-state index in [0.717, 1.165) is 16.0 Å². The summed E-state index contributed by atoms with van der Waals surface area (Å²) in [4.78, 5) is 28.0. The van der Waals surface area contributed by atoms with E-state index in [1.54, 1.807) is 34.8 Å². The first kappa shape index (κ1) is 18.3. The van der Waals surface area contributed by atoms with Crippen molar-refractivity contribution in [1.82, 2.24) is 14.3 Å². The molecule has 26 heavy (non-hydrogen) atoms. The van der Waals surface area contributed by atoms with Crippen LogP contribution >= 0.6 is 23.1 Å². The van der Waals surface area contributed by atoms with Crippen LogP contribution in [0.3, 0.4) is 0 Å². The van der Waals surface area contributed by atoms with Gasteiger partial charge in [0, 0.05) is 37.2 Å². The maximum atomic E-state index is 12.6. The highest BCUT2D eigenvalue weighted by Crippen LogP contribution is 2.23. The van der Waals surface area contributed by atoms with Crippen molar-refractivity contribution >= 4 is 44.9 Å². The van der Waals surface area contributed by atoms with Crippen molar-refractivity contribution in [3.05, 3.63) is 51.1 Å². The zero-order valence-electron chi connectivity index (χ0n) is 14.3. The van der Waals surface area contributed by atoms with Gasteiger partial charge in [-0.3, -0.25) is 19.6 Å². The Morgan fingerprint density at radius 1 is 1.42 bits per heavy atom. The Morgan fingerprint density at radius 2 is 2.23 bits per heavy atom. The SMILES string of the molecule is CCn1nccc1C(=O)N=c1sc2cc([N+](=O)[O-])ccc2n1CCSC. The van der Waals surface area contributed by atoms with Crippen molar-refractivity contribution in [3.8, 4) is 0 Å². The third-order valence-electron chi connectivity index (χ3n) is 3.83. The van der Waals surface area contributed by atoms with Gasteiger partial charge in [-0.2, -0.15) is 21.9 Å². The molecule has 0 saturated heterocycles. The Bertz CT molecular complexity index is 1030. The highest BCUT2D eigenvalue weighted by molar-refractivity contribution is 7.98. The number of rotatable bonds is 6. The molecule has 0 radical (unpaired) electrons. The Kier molecular flexibility index (Phi) is 5.52. The first-order chi connectivity index (χ1) is 12.5. The lowest BCUT2D eigenvalue weighted by molar-refractivity contribution is -0.384. The van der Waals surface area contributed by atoms with Gasteiger partial charge in [0.1, 0.15) is 5.69 Å². The highest BCUT2D eigenvalue weighted by Gasteiger charge is 2.14. The lowest BCUT2D eigenvalue weighted by Gasteiger charge is -2.04. The van der Waals surface area contributed by atoms with Gasteiger partial charge in [-0.25, -0.2) is 0 Å². The van der Waals surface area contributed by atoms with Gasteiger partial charge in [0.2, 0.25) is 0 Å².